The van der Waals surface area contributed by atoms with Gasteiger partial charge in [-0.2, -0.15) is 0 Å². The Balaban J connectivity index is 2.47. The van der Waals surface area contributed by atoms with Crippen LogP contribution < -0.4 is 0 Å². The van der Waals surface area contributed by atoms with E-state index in [2.05, 4.69) is 48.9 Å². The van der Waals surface area contributed by atoms with E-state index in [-0.39, 0.29) is 5.41 Å². The second-order valence-corrected chi connectivity index (χ2v) is 7.87. The maximum atomic E-state index is 4.49. The van der Waals surface area contributed by atoms with Gasteiger partial charge in [-0.3, -0.25) is 0 Å². The van der Waals surface area contributed by atoms with Crippen LogP contribution in [-0.2, 0) is 6.42 Å². The van der Waals surface area contributed by atoms with Crippen molar-refractivity contribution in [2.75, 3.05) is 6.26 Å². The van der Waals surface area contributed by atoms with Gasteiger partial charge in [-0.25, -0.2) is 4.68 Å². The maximum Gasteiger partial charge on any atom is 0.0960 e. The van der Waals surface area contributed by atoms with Crippen LogP contribution in [0.4, 0.5) is 0 Å². The summed E-state index contributed by atoms with van der Waals surface area (Å²) in [4.78, 5) is 0. The van der Waals surface area contributed by atoms with Crippen LogP contribution in [0, 0.1) is 5.41 Å². The van der Waals surface area contributed by atoms with Crippen LogP contribution in [0.25, 0.3) is 0 Å². The number of aryl methyl sites for hydroxylation is 1. The molecule has 108 valence electrons. The zero-order chi connectivity index (χ0) is 14.0. The highest BCUT2D eigenvalue weighted by atomic mass is 32.2. The van der Waals surface area contributed by atoms with Crippen molar-refractivity contribution in [2.24, 2.45) is 5.41 Å². The molecule has 0 fully saturated rings. The molecule has 2 unspecified atom stereocenters. The first-order valence-corrected chi connectivity index (χ1v) is 8.70. The molecule has 0 aromatic carbocycles. The SMILES string of the molecule is CSC(C)n1nnc2c1C(C(C)(C)C)CCCCC2. The fourth-order valence-electron chi connectivity index (χ4n) is 3.04. The Labute approximate surface area is 121 Å². The highest BCUT2D eigenvalue weighted by molar-refractivity contribution is 7.98. The molecule has 1 aliphatic carbocycles. The van der Waals surface area contributed by atoms with Gasteiger partial charge in [0.1, 0.15) is 0 Å². The first-order chi connectivity index (χ1) is 8.95. The maximum absolute atomic E-state index is 4.49. The number of hydrogen-bond acceptors (Lipinski definition) is 3. The summed E-state index contributed by atoms with van der Waals surface area (Å²) >= 11 is 1.84. The summed E-state index contributed by atoms with van der Waals surface area (Å²) in [5.74, 6) is 0.576. The lowest BCUT2D eigenvalue weighted by Gasteiger charge is -2.33. The van der Waals surface area contributed by atoms with Gasteiger partial charge in [0.15, 0.2) is 0 Å². The second kappa shape index (κ2) is 5.86. The molecule has 0 saturated heterocycles. The quantitative estimate of drug-likeness (QED) is 0.804. The normalized spacial score (nSPS) is 22.5. The van der Waals surface area contributed by atoms with Crippen molar-refractivity contribution < 1.29 is 0 Å². The van der Waals surface area contributed by atoms with Crippen molar-refractivity contribution >= 4 is 11.8 Å². The number of thioether (sulfide) groups is 1. The lowest BCUT2D eigenvalue weighted by Crippen LogP contribution is -2.24. The van der Waals surface area contributed by atoms with E-state index in [4.69, 9.17) is 0 Å². The molecular weight excluding hydrogens is 254 g/mol. The van der Waals surface area contributed by atoms with Crippen LogP contribution in [-0.4, -0.2) is 21.2 Å². The molecule has 0 amide bonds. The van der Waals surface area contributed by atoms with Gasteiger partial charge >= 0.3 is 0 Å². The Bertz CT molecular complexity index is 420. The topological polar surface area (TPSA) is 30.7 Å². The third kappa shape index (κ3) is 3.15. The van der Waals surface area contributed by atoms with Crippen LogP contribution in [0.2, 0.25) is 0 Å². The van der Waals surface area contributed by atoms with Gasteiger partial charge in [-0.15, -0.1) is 16.9 Å². The third-order valence-corrected chi connectivity index (χ3v) is 5.15. The molecule has 1 heterocycles. The van der Waals surface area contributed by atoms with E-state index in [1.165, 1.54) is 37.1 Å². The first-order valence-electron chi connectivity index (χ1n) is 7.42. The van der Waals surface area contributed by atoms with Gasteiger partial charge in [-0.1, -0.05) is 38.8 Å². The van der Waals surface area contributed by atoms with E-state index in [0.717, 1.165) is 6.42 Å². The molecule has 2 atom stereocenters. The molecule has 4 heteroatoms. The van der Waals surface area contributed by atoms with Crippen LogP contribution in [0.3, 0.4) is 0 Å². The van der Waals surface area contributed by atoms with Gasteiger partial charge in [0.2, 0.25) is 0 Å². The summed E-state index contributed by atoms with van der Waals surface area (Å²) in [5.41, 5.74) is 2.94. The van der Waals surface area contributed by atoms with Crippen molar-refractivity contribution in [1.29, 1.82) is 0 Å². The summed E-state index contributed by atoms with van der Waals surface area (Å²) in [7, 11) is 0. The molecule has 1 aromatic heterocycles. The van der Waals surface area contributed by atoms with E-state index in [0.29, 0.717) is 11.3 Å². The summed E-state index contributed by atoms with van der Waals surface area (Å²) in [6.07, 6.45) is 8.44. The molecule has 3 nitrogen and oxygen atoms in total. The molecular formula is C15H27N3S. The number of rotatable bonds is 2. The van der Waals surface area contributed by atoms with E-state index < -0.39 is 0 Å². The Morgan fingerprint density at radius 3 is 2.63 bits per heavy atom. The largest absolute Gasteiger partial charge is 0.236 e. The smallest absolute Gasteiger partial charge is 0.0960 e. The summed E-state index contributed by atoms with van der Waals surface area (Å²) < 4.78 is 2.18. The van der Waals surface area contributed by atoms with Crippen molar-refractivity contribution in [3.8, 4) is 0 Å². The average molecular weight is 281 g/mol. The first kappa shape index (κ1) is 14.9. The summed E-state index contributed by atoms with van der Waals surface area (Å²) in [6, 6.07) is 0. The van der Waals surface area contributed by atoms with Crippen LogP contribution >= 0.6 is 11.8 Å². The number of hydrogen-bond donors (Lipinski definition) is 0. The predicted octanol–water partition coefficient (Wildman–Crippen LogP) is 4.41. The molecule has 1 aromatic rings. The van der Waals surface area contributed by atoms with Crippen LogP contribution in [0.15, 0.2) is 0 Å². The van der Waals surface area contributed by atoms with Crippen LogP contribution in [0.5, 0.6) is 0 Å². The monoisotopic (exact) mass is 281 g/mol. The predicted molar refractivity (Wildman–Crippen MR) is 82.6 cm³/mol. The molecule has 0 aliphatic heterocycles. The molecule has 19 heavy (non-hydrogen) atoms. The Morgan fingerprint density at radius 2 is 2.00 bits per heavy atom. The summed E-state index contributed by atoms with van der Waals surface area (Å²) in [5, 5.41) is 9.33. The highest BCUT2D eigenvalue weighted by Crippen LogP contribution is 2.42. The Hall–Kier alpha value is -0.510. The molecule has 0 spiro atoms. The van der Waals surface area contributed by atoms with E-state index in [1.807, 2.05) is 11.8 Å². The highest BCUT2D eigenvalue weighted by Gasteiger charge is 2.33. The third-order valence-electron chi connectivity index (χ3n) is 4.27. The Morgan fingerprint density at radius 1 is 1.26 bits per heavy atom. The van der Waals surface area contributed by atoms with Gasteiger partial charge in [0, 0.05) is 5.92 Å². The van der Waals surface area contributed by atoms with Gasteiger partial charge < -0.3 is 0 Å². The fraction of sp³-hybridized carbons (Fsp3) is 0.867. The molecule has 0 saturated carbocycles. The van der Waals surface area contributed by atoms with Crippen molar-refractivity contribution in [1.82, 2.24) is 15.0 Å². The van der Waals surface area contributed by atoms with Gasteiger partial charge in [0.25, 0.3) is 0 Å². The van der Waals surface area contributed by atoms with Crippen molar-refractivity contribution in [3.63, 3.8) is 0 Å². The lowest BCUT2D eigenvalue weighted by molar-refractivity contribution is 0.277. The lowest BCUT2D eigenvalue weighted by atomic mass is 9.74. The second-order valence-electron chi connectivity index (χ2n) is 6.72. The fourth-order valence-corrected chi connectivity index (χ4v) is 3.39. The summed E-state index contributed by atoms with van der Waals surface area (Å²) in [6.45, 7) is 9.27. The number of fused-ring (bicyclic) bond motifs is 1. The van der Waals surface area contributed by atoms with E-state index in [1.54, 1.807) is 0 Å². The zero-order valence-corrected chi connectivity index (χ0v) is 13.8. The molecule has 2 rings (SSSR count). The van der Waals surface area contributed by atoms with E-state index in [9.17, 15) is 0 Å². The molecule has 0 N–H and O–H groups in total. The molecule has 0 radical (unpaired) electrons. The average Bonchev–Trinajstić information content (AvgIpc) is 2.69. The van der Waals surface area contributed by atoms with Gasteiger partial charge in [-0.05, 0) is 37.9 Å². The standard InChI is InChI=1S/C15H27N3S/c1-11(19-5)18-14-12(15(2,3)4)9-7-6-8-10-13(14)16-17-18/h11-12H,6-10H2,1-5H3. The van der Waals surface area contributed by atoms with E-state index >= 15 is 0 Å². The van der Waals surface area contributed by atoms with Crippen LogP contribution in [0.1, 0.15) is 76.1 Å². The molecule has 1 aliphatic rings. The number of aromatic nitrogens is 3. The van der Waals surface area contributed by atoms with Gasteiger partial charge in [0.05, 0.1) is 16.8 Å². The van der Waals surface area contributed by atoms with Crippen molar-refractivity contribution in [2.45, 2.75) is 71.1 Å². The minimum Gasteiger partial charge on any atom is -0.236 e. The zero-order valence-electron chi connectivity index (χ0n) is 12.9. The minimum absolute atomic E-state index is 0.281. The molecule has 0 bridgehead atoms. The Kier molecular flexibility index (Phi) is 4.59. The van der Waals surface area contributed by atoms with Crippen molar-refractivity contribution in [3.05, 3.63) is 11.4 Å². The number of nitrogens with zero attached hydrogens (tertiary/aromatic N) is 3. The minimum atomic E-state index is 0.281.